The van der Waals surface area contributed by atoms with Gasteiger partial charge in [0.25, 0.3) is 5.91 Å². The van der Waals surface area contributed by atoms with Gasteiger partial charge in [-0.15, -0.1) is 12.4 Å². The molecule has 1 aromatic rings. The number of halogens is 1. The van der Waals surface area contributed by atoms with Gasteiger partial charge in [-0.25, -0.2) is 0 Å². The molecule has 4 nitrogen and oxygen atoms in total. The van der Waals surface area contributed by atoms with Crippen molar-refractivity contribution in [2.45, 2.75) is 32.7 Å². The zero-order valence-corrected chi connectivity index (χ0v) is 12.7. The number of aromatic nitrogens is 1. The molecule has 2 N–H and O–H groups in total. The lowest BCUT2D eigenvalue weighted by Gasteiger charge is -2.39. The number of carbonyl (C=O) groups is 1. The van der Waals surface area contributed by atoms with Gasteiger partial charge < -0.3 is 15.2 Å². The van der Waals surface area contributed by atoms with Crippen molar-refractivity contribution in [2.75, 3.05) is 13.1 Å². The summed E-state index contributed by atoms with van der Waals surface area (Å²) in [6, 6.07) is 4.09. The number of hydrogen-bond acceptors (Lipinski definition) is 2. The lowest BCUT2D eigenvalue weighted by molar-refractivity contribution is 0.0921. The fourth-order valence-electron chi connectivity index (χ4n) is 2.60. The average Bonchev–Trinajstić information content (AvgIpc) is 2.73. The van der Waals surface area contributed by atoms with Gasteiger partial charge in [-0.2, -0.15) is 0 Å². The van der Waals surface area contributed by atoms with Crippen molar-refractivity contribution in [3.63, 3.8) is 0 Å². The number of amides is 1. The maximum atomic E-state index is 12.0. The zero-order valence-electron chi connectivity index (χ0n) is 11.9. The number of hydrogen-bond donors (Lipinski definition) is 2. The Balaban J connectivity index is 0.00000180. The third kappa shape index (κ3) is 3.74. The summed E-state index contributed by atoms with van der Waals surface area (Å²) >= 11 is 0. The van der Waals surface area contributed by atoms with E-state index in [1.54, 1.807) is 0 Å². The van der Waals surface area contributed by atoms with E-state index in [1.165, 1.54) is 12.8 Å². The van der Waals surface area contributed by atoms with Gasteiger partial charge in [-0.3, -0.25) is 4.79 Å². The summed E-state index contributed by atoms with van der Waals surface area (Å²) in [5.41, 5.74) is 0.961. The molecular weight excluding hydrogens is 262 g/mol. The third-order valence-corrected chi connectivity index (χ3v) is 3.98. The van der Waals surface area contributed by atoms with E-state index in [1.807, 2.05) is 29.9 Å². The van der Waals surface area contributed by atoms with Crippen LogP contribution in [0.1, 0.15) is 37.2 Å². The Morgan fingerprint density at radius 2 is 2.32 bits per heavy atom. The molecule has 5 heteroatoms. The van der Waals surface area contributed by atoms with Crippen LogP contribution in [0.25, 0.3) is 0 Å². The summed E-state index contributed by atoms with van der Waals surface area (Å²) in [5, 5.41) is 6.53. The maximum Gasteiger partial charge on any atom is 0.267 e. The van der Waals surface area contributed by atoms with Crippen molar-refractivity contribution in [2.24, 2.45) is 12.5 Å². The molecule has 2 rings (SSSR count). The minimum atomic E-state index is 0. The zero-order chi connectivity index (χ0) is 13.2. The van der Waals surface area contributed by atoms with Crippen LogP contribution < -0.4 is 10.6 Å². The highest BCUT2D eigenvalue weighted by Gasteiger charge is 2.32. The second-order valence-electron chi connectivity index (χ2n) is 5.81. The number of nitrogens with one attached hydrogen (secondary N) is 2. The molecule has 0 radical (unpaired) electrons. The van der Waals surface area contributed by atoms with Crippen LogP contribution in [0.4, 0.5) is 0 Å². The summed E-state index contributed by atoms with van der Waals surface area (Å²) in [5.74, 6) is 0.00525. The van der Waals surface area contributed by atoms with E-state index in [2.05, 4.69) is 24.5 Å². The molecule has 1 saturated heterocycles. The maximum absolute atomic E-state index is 12.0. The topological polar surface area (TPSA) is 46.1 Å². The van der Waals surface area contributed by atoms with Crippen LogP contribution in [0.2, 0.25) is 0 Å². The van der Waals surface area contributed by atoms with Crippen molar-refractivity contribution in [3.05, 3.63) is 24.0 Å². The fraction of sp³-hybridized carbons (Fsp3) is 0.643. The van der Waals surface area contributed by atoms with E-state index < -0.39 is 0 Å². The van der Waals surface area contributed by atoms with Gasteiger partial charge >= 0.3 is 0 Å². The van der Waals surface area contributed by atoms with Crippen LogP contribution in [0.3, 0.4) is 0 Å². The highest BCUT2D eigenvalue weighted by molar-refractivity contribution is 5.92. The molecule has 0 aliphatic carbocycles. The summed E-state index contributed by atoms with van der Waals surface area (Å²) in [7, 11) is 1.89. The van der Waals surface area contributed by atoms with Crippen LogP contribution in [-0.4, -0.2) is 29.6 Å². The molecule has 1 aromatic heterocycles. The first-order valence-electron chi connectivity index (χ1n) is 6.63. The fourth-order valence-corrected chi connectivity index (χ4v) is 2.60. The molecule has 1 amide bonds. The molecule has 0 saturated carbocycles. The molecule has 0 spiro atoms. The van der Waals surface area contributed by atoms with Gasteiger partial charge in [0.1, 0.15) is 5.69 Å². The number of aryl methyl sites for hydroxylation is 1. The molecule has 19 heavy (non-hydrogen) atoms. The molecular formula is C14H24ClN3O. The molecule has 108 valence electrons. The first-order chi connectivity index (χ1) is 8.50. The van der Waals surface area contributed by atoms with Gasteiger partial charge in [0.2, 0.25) is 0 Å². The summed E-state index contributed by atoms with van der Waals surface area (Å²) < 4.78 is 1.84. The first kappa shape index (κ1) is 16.1. The molecule has 1 unspecified atom stereocenters. The van der Waals surface area contributed by atoms with Crippen molar-refractivity contribution < 1.29 is 4.79 Å². The van der Waals surface area contributed by atoms with Crippen LogP contribution in [0, 0.1) is 5.41 Å². The van der Waals surface area contributed by atoms with Crippen molar-refractivity contribution >= 4 is 18.3 Å². The van der Waals surface area contributed by atoms with Crippen LogP contribution in [0.5, 0.6) is 0 Å². The molecule has 0 bridgehead atoms. The molecule has 0 aromatic carbocycles. The minimum Gasteiger partial charge on any atom is -0.349 e. The van der Waals surface area contributed by atoms with E-state index >= 15 is 0 Å². The van der Waals surface area contributed by atoms with Gasteiger partial charge in [0, 0.05) is 25.8 Å². The van der Waals surface area contributed by atoms with Crippen molar-refractivity contribution in [1.29, 1.82) is 0 Å². The third-order valence-electron chi connectivity index (χ3n) is 3.98. The van der Waals surface area contributed by atoms with E-state index in [-0.39, 0.29) is 23.7 Å². The van der Waals surface area contributed by atoms with Crippen LogP contribution >= 0.6 is 12.4 Å². The first-order valence-corrected chi connectivity index (χ1v) is 6.63. The standard InChI is InChI=1S/C14H23N3O.ClH/c1-14(2)7-5-8-15-12(14)10-16-13(18)11-6-4-9-17(11)3;/h4,6,9,12,15H,5,7-8,10H2,1-3H3,(H,16,18);1H. The van der Waals surface area contributed by atoms with Crippen LogP contribution in [0.15, 0.2) is 18.3 Å². The average molecular weight is 286 g/mol. The van der Waals surface area contributed by atoms with Gasteiger partial charge in [0.15, 0.2) is 0 Å². The van der Waals surface area contributed by atoms with E-state index in [0.29, 0.717) is 18.3 Å². The Bertz CT molecular complexity index is 428. The Kier molecular flexibility index (Phi) is 5.44. The monoisotopic (exact) mass is 285 g/mol. The molecule has 1 aliphatic heterocycles. The van der Waals surface area contributed by atoms with E-state index in [9.17, 15) is 4.79 Å². The van der Waals surface area contributed by atoms with Gasteiger partial charge in [-0.1, -0.05) is 13.8 Å². The molecule has 1 aliphatic rings. The van der Waals surface area contributed by atoms with Crippen molar-refractivity contribution in [3.8, 4) is 0 Å². The Morgan fingerprint density at radius 3 is 2.89 bits per heavy atom. The predicted octanol–water partition coefficient (Wildman–Crippen LogP) is 1.95. The minimum absolute atomic E-state index is 0. The van der Waals surface area contributed by atoms with E-state index in [0.717, 1.165) is 6.54 Å². The van der Waals surface area contributed by atoms with Gasteiger partial charge in [-0.05, 0) is 36.9 Å². The largest absolute Gasteiger partial charge is 0.349 e. The smallest absolute Gasteiger partial charge is 0.267 e. The second-order valence-corrected chi connectivity index (χ2v) is 5.81. The summed E-state index contributed by atoms with van der Waals surface area (Å²) in [4.78, 5) is 12.0. The highest BCUT2D eigenvalue weighted by atomic mass is 35.5. The predicted molar refractivity (Wildman–Crippen MR) is 79.8 cm³/mol. The molecule has 1 atom stereocenters. The van der Waals surface area contributed by atoms with Crippen LogP contribution in [-0.2, 0) is 7.05 Å². The lowest BCUT2D eigenvalue weighted by atomic mass is 9.77. The summed E-state index contributed by atoms with van der Waals surface area (Å²) in [6.45, 7) is 6.27. The normalized spacial score (nSPS) is 21.5. The molecule has 2 heterocycles. The Morgan fingerprint density at radius 1 is 1.58 bits per heavy atom. The molecule has 1 fully saturated rings. The lowest BCUT2D eigenvalue weighted by Crippen LogP contribution is -2.52. The Labute approximate surface area is 121 Å². The quantitative estimate of drug-likeness (QED) is 0.892. The number of piperidine rings is 1. The highest BCUT2D eigenvalue weighted by Crippen LogP contribution is 2.29. The van der Waals surface area contributed by atoms with Crippen molar-refractivity contribution in [1.82, 2.24) is 15.2 Å². The second kappa shape index (κ2) is 6.44. The summed E-state index contributed by atoms with van der Waals surface area (Å²) in [6.07, 6.45) is 4.32. The number of nitrogens with zero attached hydrogens (tertiary/aromatic N) is 1. The Hall–Kier alpha value is -1.00. The van der Waals surface area contributed by atoms with Gasteiger partial charge in [0.05, 0.1) is 0 Å². The SMILES string of the molecule is Cl.Cn1cccc1C(=O)NCC1NCCCC1(C)C. The number of carbonyl (C=O) groups excluding carboxylic acids is 1. The van der Waals surface area contributed by atoms with E-state index in [4.69, 9.17) is 0 Å². The number of rotatable bonds is 3.